The lowest BCUT2D eigenvalue weighted by atomic mass is 9.90. The second kappa shape index (κ2) is 10.0. The Labute approximate surface area is 188 Å². The molecule has 1 aliphatic heterocycles. The minimum atomic E-state index is -0.870. The van der Waals surface area contributed by atoms with Gasteiger partial charge in [0.25, 0.3) is 0 Å². The highest BCUT2D eigenvalue weighted by Crippen LogP contribution is 2.35. The van der Waals surface area contributed by atoms with Crippen LogP contribution in [-0.4, -0.2) is 34.7 Å². The van der Waals surface area contributed by atoms with Gasteiger partial charge in [-0.2, -0.15) is 0 Å². The van der Waals surface area contributed by atoms with E-state index in [1.54, 1.807) is 12.1 Å². The second-order valence-electron chi connectivity index (χ2n) is 8.43. The van der Waals surface area contributed by atoms with E-state index in [4.69, 9.17) is 4.74 Å². The van der Waals surface area contributed by atoms with Crippen LogP contribution in [0.4, 0.5) is 0 Å². The van der Waals surface area contributed by atoms with Gasteiger partial charge in [-0.15, -0.1) is 0 Å². The molecule has 168 valence electrons. The van der Waals surface area contributed by atoms with Crippen molar-refractivity contribution in [2.24, 2.45) is 0 Å². The summed E-state index contributed by atoms with van der Waals surface area (Å²) in [5.41, 5.74) is 4.41. The molecule has 0 saturated carbocycles. The molecule has 0 fully saturated rings. The van der Waals surface area contributed by atoms with Crippen molar-refractivity contribution in [2.75, 3.05) is 6.61 Å². The normalized spacial score (nSPS) is 17.8. The Hall–Kier alpha value is -3.12. The van der Waals surface area contributed by atoms with Gasteiger partial charge in [0.2, 0.25) is 0 Å². The largest absolute Gasteiger partial charge is 0.480 e. The van der Waals surface area contributed by atoms with Gasteiger partial charge in [-0.05, 0) is 35.7 Å². The van der Waals surface area contributed by atoms with Crippen molar-refractivity contribution in [2.45, 2.75) is 57.5 Å². The lowest BCUT2D eigenvalue weighted by Crippen LogP contribution is -2.44. The van der Waals surface area contributed by atoms with Crippen LogP contribution in [0.2, 0.25) is 0 Å². The molecular formula is C26H30N2O4. The average molecular weight is 435 g/mol. The summed E-state index contributed by atoms with van der Waals surface area (Å²) in [5.74, 6) is -1.19. The van der Waals surface area contributed by atoms with Crippen molar-refractivity contribution in [1.82, 2.24) is 10.3 Å². The molecule has 0 saturated heterocycles. The van der Waals surface area contributed by atoms with Gasteiger partial charge < -0.3 is 14.8 Å². The number of carboxylic acids is 1. The maximum absolute atomic E-state index is 12.4. The van der Waals surface area contributed by atoms with Crippen molar-refractivity contribution >= 4 is 22.8 Å². The second-order valence-corrected chi connectivity index (χ2v) is 8.43. The molecule has 6 heteroatoms. The number of benzene rings is 2. The standard InChI is InChI=1S/C26H30N2O4/c1-2-3-4-5-8-15-32-26(31)18-13-11-17(12-14-18)23-24-20(16-22(28-23)25(29)30)19-9-6-7-10-21(19)27-24/h6-7,9-14,22-23,27-28H,2-5,8,15-16H2,1H3,(H,29,30). The van der Waals surface area contributed by atoms with Crippen molar-refractivity contribution in [3.8, 4) is 0 Å². The van der Waals surface area contributed by atoms with E-state index in [-0.39, 0.29) is 12.0 Å². The molecule has 2 unspecified atom stereocenters. The van der Waals surface area contributed by atoms with E-state index < -0.39 is 12.0 Å². The average Bonchev–Trinajstić information content (AvgIpc) is 3.19. The summed E-state index contributed by atoms with van der Waals surface area (Å²) in [4.78, 5) is 27.6. The number of carboxylic acid groups (broad SMARTS) is 1. The Morgan fingerprint density at radius 1 is 1.03 bits per heavy atom. The molecule has 32 heavy (non-hydrogen) atoms. The highest BCUT2D eigenvalue weighted by molar-refractivity contribution is 5.89. The number of aromatic amines is 1. The van der Waals surface area contributed by atoms with E-state index in [9.17, 15) is 14.7 Å². The molecule has 3 aromatic rings. The number of hydrogen-bond donors (Lipinski definition) is 3. The molecule has 4 rings (SSSR count). The van der Waals surface area contributed by atoms with Crippen LogP contribution in [0.25, 0.3) is 10.9 Å². The van der Waals surface area contributed by atoms with E-state index in [1.165, 1.54) is 19.3 Å². The van der Waals surface area contributed by atoms with Gasteiger partial charge in [-0.3, -0.25) is 10.1 Å². The maximum Gasteiger partial charge on any atom is 0.338 e. The van der Waals surface area contributed by atoms with Crippen molar-refractivity contribution in [3.63, 3.8) is 0 Å². The number of aliphatic carboxylic acids is 1. The quantitative estimate of drug-likeness (QED) is 0.326. The first kappa shape index (κ1) is 22.1. The zero-order valence-corrected chi connectivity index (χ0v) is 18.4. The predicted molar refractivity (Wildman–Crippen MR) is 124 cm³/mol. The first-order valence-corrected chi connectivity index (χ1v) is 11.4. The molecule has 2 aromatic carbocycles. The summed E-state index contributed by atoms with van der Waals surface area (Å²) in [7, 11) is 0. The zero-order chi connectivity index (χ0) is 22.5. The van der Waals surface area contributed by atoms with Crippen LogP contribution >= 0.6 is 0 Å². The lowest BCUT2D eigenvalue weighted by molar-refractivity contribution is -0.139. The van der Waals surface area contributed by atoms with Gasteiger partial charge in [0.1, 0.15) is 6.04 Å². The van der Waals surface area contributed by atoms with Crippen LogP contribution in [-0.2, 0) is 16.0 Å². The van der Waals surface area contributed by atoms with Crippen LogP contribution < -0.4 is 5.32 Å². The van der Waals surface area contributed by atoms with E-state index >= 15 is 0 Å². The van der Waals surface area contributed by atoms with Gasteiger partial charge in [-0.1, -0.05) is 62.9 Å². The monoisotopic (exact) mass is 434 g/mol. The molecule has 3 N–H and O–H groups in total. The van der Waals surface area contributed by atoms with Crippen molar-refractivity contribution in [3.05, 3.63) is 70.9 Å². The molecule has 6 nitrogen and oxygen atoms in total. The smallest absolute Gasteiger partial charge is 0.338 e. The first-order valence-electron chi connectivity index (χ1n) is 11.4. The van der Waals surface area contributed by atoms with Gasteiger partial charge in [0.05, 0.1) is 18.2 Å². The number of unbranched alkanes of at least 4 members (excludes halogenated alkanes) is 4. The van der Waals surface area contributed by atoms with E-state index in [2.05, 4.69) is 17.2 Å². The fourth-order valence-corrected chi connectivity index (χ4v) is 4.42. The zero-order valence-electron chi connectivity index (χ0n) is 18.4. The first-order chi connectivity index (χ1) is 15.6. The summed E-state index contributed by atoms with van der Waals surface area (Å²) >= 11 is 0. The van der Waals surface area contributed by atoms with Crippen molar-refractivity contribution in [1.29, 1.82) is 0 Å². The third kappa shape index (κ3) is 4.70. The predicted octanol–water partition coefficient (Wildman–Crippen LogP) is 4.98. The third-order valence-corrected chi connectivity index (χ3v) is 6.17. The summed E-state index contributed by atoms with van der Waals surface area (Å²) in [5, 5.41) is 14.0. The van der Waals surface area contributed by atoms with E-state index in [1.807, 2.05) is 36.4 Å². The number of nitrogens with one attached hydrogen (secondary N) is 2. The number of H-pyrrole nitrogens is 1. The fourth-order valence-electron chi connectivity index (χ4n) is 4.42. The Bertz CT molecular complexity index is 1090. The number of ether oxygens (including phenoxy) is 1. The highest BCUT2D eigenvalue weighted by atomic mass is 16.5. The fraction of sp³-hybridized carbons (Fsp3) is 0.385. The Balaban J connectivity index is 1.50. The van der Waals surface area contributed by atoms with Crippen LogP contribution in [0.3, 0.4) is 0 Å². The lowest BCUT2D eigenvalue weighted by Gasteiger charge is -2.29. The molecule has 2 heterocycles. The molecule has 0 bridgehead atoms. The number of rotatable bonds is 9. The molecule has 1 aliphatic rings. The number of carbonyl (C=O) groups is 2. The minimum Gasteiger partial charge on any atom is -0.480 e. The van der Waals surface area contributed by atoms with Crippen LogP contribution in [0.1, 0.15) is 72.2 Å². The van der Waals surface area contributed by atoms with Crippen LogP contribution in [0.15, 0.2) is 48.5 Å². The molecule has 0 radical (unpaired) electrons. The number of aromatic nitrogens is 1. The molecule has 0 aliphatic carbocycles. The third-order valence-electron chi connectivity index (χ3n) is 6.17. The molecular weight excluding hydrogens is 404 g/mol. The summed E-state index contributed by atoms with van der Waals surface area (Å²) in [6.45, 7) is 2.61. The van der Waals surface area contributed by atoms with Crippen LogP contribution in [0, 0.1) is 0 Å². The summed E-state index contributed by atoms with van der Waals surface area (Å²) in [6, 6.07) is 14.2. The molecule has 0 spiro atoms. The van der Waals surface area contributed by atoms with E-state index in [0.29, 0.717) is 18.6 Å². The minimum absolute atomic E-state index is 0.295. The number of carbonyl (C=O) groups excluding carboxylic acids is 1. The Morgan fingerprint density at radius 2 is 1.78 bits per heavy atom. The topological polar surface area (TPSA) is 91.4 Å². The highest BCUT2D eigenvalue weighted by Gasteiger charge is 2.33. The number of esters is 1. The van der Waals surface area contributed by atoms with Gasteiger partial charge in [-0.25, -0.2) is 4.79 Å². The molecule has 2 atom stereocenters. The molecule has 1 aromatic heterocycles. The van der Waals surface area contributed by atoms with Gasteiger partial charge in [0, 0.05) is 23.0 Å². The Morgan fingerprint density at radius 3 is 2.53 bits per heavy atom. The number of para-hydroxylation sites is 1. The Kier molecular flexibility index (Phi) is 6.90. The maximum atomic E-state index is 12.4. The number of fused-ring (bicyclic) bond motifs is 3. The van der Waals surface area contributed by atoms with Crippen LogP contribution in [0.5, 0.6) is 0 Å². The van der Waals surface area contributed by atoms with Gasteiger partial charge in [0.15, 0.2) is 0 Å². The van der Waals surface area contributed by atoms with Gasteiger partial charge >= 0.3 is 11.9 Å². The SMILES string of the molecule is CCCCCCCOC(=O)c1ccc(C2NC(C(=O)O)Cc3c2[nH]c2ccccc32)cc1. The summed E-state index contributed by atoms with van der Waals surface area (Å²) < 4.78 is 5.40. The van der Waals surface area contributed by atoms with Crippen molar-refractivity contribution < 1.29 is 19.4 Å². The van der Waals surface area contributed by atoms with E-state index in [0.717, 1.165) is 40.6 Å². The number of hydrogen-bond acceptors (Lipinski definition) is 4. The summed E-state index contributed by atoms with van der Waals surface area (Å²) in [6.07, 6.45) is 5.96. The molecule has 0 amide bonds.